The minimum absolute atomic E-state index is 0.160. The predicted molar refractivity (Wildman–Crippen MR) is 120 cm³/mol. The Labute approximate surface area is 179 Å². The van der Waals surface area contributed by atoms with Crippen molar-refractivity contribution >= 4 is 28.5 Å². The molecule has 6 rings (SSSR count). The molecule has 4 aromatic rings. The number of aromatic nitrogens is 1. The van der Waals surface area contributed by atoms with Crippen molar-refractivity contribution in [2.45, 2.75) is 25.4 Å². The average Bonchev–Trinajstić information content (AvgIpc) is 3.28. The van der Waals surface area contributed by atoms with Crippen LogP contribution in [0.25, 0.3) is 10.9 Å². The monoisotopic (exact) mass is 407 g/mol. The van der Waals surface area contributed by atoms with Gasteiger partial charge in [-0.2, -0.15) is 0 Å². The lowest BCUT2D eigenvalue weighted by molar-refractivity contribution is -0.120. The second kappa shape index (κ2) is 6.57. The number of hydrogen-bond donors (Lipinski definition) is 1. The molecule has 152 valence electrons. The van der Waals surface area contributed by atoms with Crippen molar-refractivity contribution in [3.05, 3.63) is 101 Å². The van der Waals surface area contributed by atoms with Crippen LogP contribution in [0.5, 0.6) is 0 Å². The van der Waals surface area contributed by atoms with Gasteiger partial charge in [-0.15, -0.1) is 0 Å². The fourth-order valence-corrected chi connectivity index (χ4v) is 5.06. The number of amides is 3. The number of aromatic amines is 1. The van der Waals surface area contributed by atoms with Crippen molar-refractivity contribution in [1.29, 1.82) is 0 Å². The fraction of sp³-hybridized carbons (Fsp3) is 0.154. The summed E-state index contributed by atoms with van der Waals surface area (Å²) in [5.74, 6) is -0.160. The van der Waals surface area contributed by atoms with E-state index in [0.29, 0.717) is 12.1 Å². The number of anilines is 1. The van der Waals surface area contributed by atoms with E-state index < -0.39 is 6.04 Å². The van der Waals surface area contributed by atoms with Gasteiger partial charge in [0.15, 0.2) is 0 Å². The topological polar surface area (TPSA) is 56.4 Å². The van der Waals surface area contributed by atoms with Crippen LogP contribution in [-0.2, 0) is 11.2 Å². The lowest BCUT2D eigenvalue weighted by atomic mass is 9.89. The number of H-pyrrole nitrogens is 1. The Kier molecular flexibility index (Phi) is 3.81. The predicted octanol–water partition coefficient (Wildman–Crippen LogP) is 4.96. The first-order valence-electron chi connectivity index (χ1n) is 10.5. The highest BCUT2D eigenvalue weighted by molar-refractivity contribution is 6.22. The van der Waals surface area contributed by atoms with Gasteiger partial charge in [-0.1, -0.05) is 60.7 Å². The maximum Gasteiger partial charge on any atom is 0.332 e. The molecule has 0 spiro atoms. The van der Waals surface area contributed by atoms with E-state index >= 15 is 0 Å². The number of fused-ring (bicyclic) bond motifs is 4. The highest BCUT2D eigenvalue weighted by Crippen LogP contribution is 2.44. The first-order chi connectivity index (χ1) is 15.1. The van der Waals surface area contributed by atoms with Crippen molar-refractivity contribution in [3.8, 4) is 0 Å². The number of carbonyl (C=O) groups is 2. The van der Waals surface area contributed by atoms with E-state index in [1.165, 1.54) is 4.90 Å². The number of nitrogens with zero attached hydrogens (tertiary/aromatic N) is 2. The zero-order chi connectivity index (χ0) is 21.1. The van der Waals surface area contributed by atoms with E-state index in [-0.39, 0.29) is 18.0 Å². The molecule has 2 aliphatic heterocycles. The SMILES string of the molecule is Cc1cccc(N2C(=O)[C@H]3Cc4c([nH]c5ccccc45)[C@@H](c4ccccc4)N3C2=O)c1. The van der Waals surface area contributed by atoms with E-state index in [1.54, 1.807) is 4.90 Å². The number of benzene rings is 3. The number of aryl methyl sites for hydroxylation is 1. The van der Waals surface area contributed by atoms with Gasteiger partial charge in [-0.25, -0.2) is 9.69 Å². The van der Waals surface area contributed by atoms with Crippen LogP contribution in [0.3, 0.4) is 0 Å². The van der Waals surface area contributed by atoms with E-state index in [1.807, 2.05) is 79.7 Å². The number of para-hydroxylation sites is 1. The summed E-state index contributed by atoms with van der Waals surface area (Å²) in [6.45, 7) is 1.96. The molecule has 1 fully saturated rings. The van der Waals surface area contributed by atoms with Crippen molar-refractivity contribution in [1.82, 2.24) is 9.88 Å². The van der Waals surface area contributed by atoms with Gasteiger partial charge >= 0.3 is 6.03 Å². The molecule has 1 saturated heterocycles. The minimum atomic E-state index is -0.523. The van der Waals surface area contributed by atoms with Crippen LogP contribution in [0.2, 0.25) is 0 Å². The lowest BCUT2D eigenvalue weighted by Gasteiger charge is -2.36. The molecule has 2 atom stereocenters. The number of carbonyl (C=O) groups excluding carboxylic acids is 2. The molecule has 5 heteroatoms. The van der Waals surface area contributed by atoms with Gasteiger partial charge in [0.2, 0.25) is 0 Å². The van der Waals surface area contributed by atoms with E-state index in [4.69, 9.17) is 0 Å². The van der Waals surface area contributed by atoms with Crippen LogP contribution in [-0.4, -0.2) is 27.9 Å². The van der Waals surface area contributed by atoms with Gasteiger partial charge in [-0.05, 0) is 41.8 Å². The molecule has 5 nitrogen and oxygen atoms in total. The van der Waals surface area contributed by atoms with Crippen LogP contribution in [0.1, 0.15) is 28.4 Å². The zero-order valence-electron chi connectivity index (χ0n) is 17.1. The van der Waals surface area contributed by atoms with Crippen LogP contribution >= 0.6 is 0 Å². The maximum absolute atomic E-state index is 13.7. The zero-order valence-corrected chi connectivity index (χ0v) is 17.1. The van der Waals surface area contributed by atoms with Gasteiger partial charge in [-0.3, -0.25) is 9.69 Å². The lowest BCUT2D eigenvalue weighted by Crippen LogP contribution is -2.44. The Bertz CT molecular complexity index is 1340. The second-order valence-electron chi connectivity index (χ2n) is 8.30. The average molecular weight is 407 g/mol. The van der Waals surface area contributed by atoms with Crippen LogP contribution in [0, 0.1) is 6.92 Å². The van der Waals surface area contributed by atoms with E-state index in [2.05, 4.69) is 11.1 Å². The van der Waals surface area contributed by atoms with Gasteiger partial charge in [0.1, 0.15) is 12.1 Å². The summed E-state index contributed by atoms with van der Waals surface area (Å²) in [5.41, 5.74) is 5.79. The molecule has 31 heavy (non-hydrogen) atoms. The molecule has 2 aliphatic rings. The quantitative estimate of drug-likeness (QED) is 0.478. The molecular formula is C26H21N3O2. The molecule has 0 saturated carbocycles. The van der Waals surface area contributed by atoms with E-state index in [9.17, 15) is 9.59 Å². The summed E-state index contributed by atoms with van der Waals surface area (Å²) in [7, 11) is 0. The van der Waals surface area contributed by atoms with Crippen LogP contribution < -0.4 is 4.90 Å². The van der Waals surface area contributed by atoms with Gasteiger partial charge in [0.25, 0.3) is 5.91 Å². The van der Waals surface area contributed by atoms with Gasteiger partial charge in [0, 0.05) is 23.0 Å². The first kappa shape index (κ1) is 18.0. The second-order valence-corrected chi connectivity index (χ2v) is 8.30. The third kappa shape index (κ3) is 2.56. The largest absolute Gasteiger partial charge is 0.356 e. The molecule has 3 heterocycles. The summed E-state index contributed by atoms with van der Waals surface area (Å²) in [4.78, 5) is 33.9. The molecule has 0 aliphatic carbocycles. The molecule has 0 bridgehead atoms. The minimum Gasteiger partial charge on any atom is -0.356 e. The fourth-order valence-electron chi connectivity index (χ4n) is 5.06. The van der Waals surface area contributed by atoms with Gasteiger partial charge in [0.05, 0.1) is 5.69 Å². The maximum atomic E-state index is 13.7. The van der Waals surface area contributed by atoms with Gasteiger partial charge < -0.3 is 4.98 Å². The Morgan fingerprint density at radius 2 is 1.68 bits per heavy atom. The Morgan fingerprint density at radius 3 is 2.48 bits per heavy atom. The summed E-state index contributed by atoms with van der Waals surface area (Å²) in [5, 5.41) is 1.12. The molecule has 3 amide bonds. The number of urea groups is 1. The smallest absolute Gasteiger partial charge is 0.332 e. The number of nitrogens with one attached hydrogen (secondary N) is 1. The summed E-state index contributed by atoms with van der Waals surface area (Å²) in [6.07, 6.45) is 0.509. The Morgan fingerprint density at radius 1 is 0.903 bits per heavy atom. The first-order valence-corrected chi connectivity index (χ1v) is 10.5. The Hall–Kier alpha value is -3.86. The standard InChI is InChI=1S/C26H21N3O2/c1-16-8-7-11-18(14-16)28-25(30)22-15-20-19-12-5-6-13-21(19)27-23(20)24(29(22)26(28)31)17-9-3-2-4-10-17/h2-14,22,24,27H,15H2,1H3/t22-,24-/m1/s1. The summed E-state index contributed by atoms with van der Waals surface area (Å²) < 4.78 is 0. The van der Waals surface area contributed by atoms with Crippen molar-refractivity contribution < 1.29 is 9.59 Å². The number of hydrogen-bond acceptors (Lipinski definition) is 2. The molecule has 1 N–H and O–H groups in total. The van der Waals surface area contributed by atoms with Crippen LogP contribution in [0.15, 0.2) is 78.9 Å². The molecule has 0 radical (unpaired) electrons. The molecular weight excluding hydrogens is 386 g/mol. The highest BCUT2D eigenvalue weighted by Gasteiger charge is 2.53. The van der Waals surface area contributed by atoms with Crippen LogP contribution in [0.4, 0.5) is 10.5 Å². The third-order valence-corrected chi connectivity index (χ3v) is 6.42. The number of rotatable bonds is 2. The Balaban J connectivity index is 1.55. The number of imide groups is 1. The molecule has 3 aromatic carbocycles. The van der Waals surface area contributed by atoms with Crippen molar-refractivity contribution in [2.75, 3.05) is 4.90 Å². The molecule has 0 unspecified atom stereocenters. The third-order valence-electron chi connectivity index (χ3n) is 6.42. The van der Waals surface area contributed by atoms with Crippen molar-refractivity contribution in [3.63, 3.8) is 0 Å². The van der Waals surface area contributed by atoms with E-state index in [0.717, 1.165) is 33.3 Å². The van der Waals surface area contributed by atoms with Crippen molar-refractivity contribution in [2.24, 2.45) is 0 Å². The highest BCUT2D eigenvalue weighted by atomic mass is 16.2. The summed E-state index contributed by atoms with van der Waals surface area (Å²) in [6, 6.07) is 24.5. The summed E-state index contributed by atoms with van der Waals surface area (Å²) >= 11 is 0. The normalized spacial score (nSPS) is 20.3. The molecule has 1 aromatic heterocycles.